The van der Waals surface area contributed by atoms with E-state index in [1.165, 1.54) is 4.68 Å². The Morgan fingerprint density at radius 3 is 3.04 bits per heavy atom. The maximum absolute atomic E-state index is 12.4. The third kappa shape index (κ3) is 3.52. The van der Waals surface area contributed by atoms with Gasteiger partial charge in [-0.05, 0) is 18.2 Å². The van der Waals surface area contributed by atoms with E-state index in [9.17, 15) is 4.79 Å². The Balaban J connectivity index is 1.75. The fourth-order valence-electron chi connectivity index (χ4n) is 2.04. The highest BCUT2D eigenvalue weighted by Gasteiger charge is 2.16. The number of aliphatic imine (C=N–C) groups is 1. The Bertz CT molecular complexity index is 806. The molecule has 0 aliphatic carbocycles. The molecule has 7 heteroatoms. The lowest BCUT2D eigenvalue weighted by Gasteiger charge is -2.04. The van der Waals surface area contributed by atoms with Gasteiger partial charge in [-0.1, -0.05) is 6.07 Å². The smallest absolute Gasteiger partial charge is 0.272 e. The largest absolute Gasteiger partial charge is 0.467 e. The Kier molecular flexibility index (Phi) is 4.28. The van der Waals surface area contributed by atoms with Crippen LogP contribution in [0.4, 0.5) is 5.69 Å². The summed E-state index contributed by atoms with van der Waals surface area (Å²) < 4.78 is 6.69. The lowest BCUT2D eigenvalue weighted by Crippen LogP contribution is -2.25. The molecule has 3 rings (SSSR count). The predicted octanol–water partition coefficient (Wildman–Crippen LogP) is 2.09. The molecule has 7 nitrogen and oxygen atoms in total. The van der Waals surface area contributed by atoms with Crippen LogP contribution in [0.3, 0.4) is 0 Å². The minimum absolute atomic E-state index is 0.264. The molecular formula is C16H15N5O2. The van der Waals surface area contributed by atoms with Crippen LogP contribution in [0.5, 0.6) is 0 Å². The van der Waals surface area contributed by atoms with E-state index in [0.29, 0.717) is 23.7 Å². The molecular weight excluding hydrogens is 294 g/mol. The molecule has 0 bridgehead atoms. The lowest BCUT2D eigenvalue weighted by atomic mass is 10.3. The zero-order chi connectivity index (χ0) is 16.1. The van der Waals surface area contributed by atoms with Crippen molar-refractivity contribution in [1.29, 1.82) is 0 Å². The van der Waals surface area contributed by atoms with Crippen molar-refractivity contribution in [3.63, 3.8) is 0 Å². The van der Waals surface area contributed by atoms with Crippen molar-refractivity contribution >= 4 is 17.8 Å². The van der Waals surface area contributed by atoms with Crippen molar-refractivity contribution < 1.29 is 9.21 Å². The summed E-state index contributed by atoms with van der Waals surface area (Å²) in [4.78, 5) is 20.7. The van der Waals surface area contributed by atoms with Crippen LogP contribution < -0.4 is 5.32 Å². The van der Waals surface area contributed by atoms with E-state index in [1.807, 2.05) is 12.1 Å². The van der Waals surface area contributed by atoms with Crippen molar-refractivity contribution in [2.45, 2.75) is 6.54 Å². The average molecular weight is 309 g/mol. The van der Waals surface area contributed by atoms with E-state index < -0.39 is 0 Å². The molecule has 0 fully saturated rings. The van der Waals surface area contributed by atoms with Gasteiger partial charge in [-0.3, -0.25) is 19.5 Å². The monoisotopic (exact) mass is 309 g/mol. The van der Waals surface area contributed by atoms with Gasteiger partial charge in [-0.15, -0.1) is 0 Å². The molecule has 0 aromatic carbocycles. The number of rotatable bonds is 5. The zero-order valence-corrected chi connectivity index (χ0v) is 12.5. The second kappa shape index (κ2) is 6.69. The van der Waals surface area contributed by atoms with Gasteiger partial charge in [0.15, 0.2) is 5.69 Å². The Morgan fingerprint density at radius 1 is 1.39 bits per heavy atom. The third-order valence-electron chi connectivity index (χ3n) is 3.17. The first-order valence-electron chi connectivity index (χ1n) is 7.00. The molecule has 3 heterocycles. The first-order chi connectivity index (χ1) is 11.2. The van der Waals surface area contributed by atoms with Gasteiger partial charge >= 0.3 is 0 Å². The van der Waals surface area contributed by atoms with Crippen molar-refractivity contribution in [3.8, 4) is 0 Å². The van der Waals surface area contributed by atoms with E-state index in [4.69, 9.17) is 4.42 Å². The first kappa shape index (κ1) is 14.7. The van der Waals surface area contributed by atoms with Crippen molar-refractivity contribution in [1.82, 2.24) is 20.1 Å². The summed E-state index contributed by atoms with van der Waals surface area (Å²) in [6.07, 6.45) is 8.14. The highest BCUT2D eigenvalue weighted by atomic mass is 16.3. The fraction of sp³-hybridized carbons (Fsp3) is 0.125. The molecule has 0 unspecified atom stereocenters. The van der Waals surface area contributed by atoms with Gasteiger partial charge in [0.2, 0.25) is 0 Å². The second-order valence-corrected chi connectivity index (χ2v) is 4.81. The van der Waals surface area contributed by atoms with Crippen molar-refractivity contribution in [2.75, 3.05) is 0 Å². The molecule has 0 aliphatic rings. The molecule has 1 amide bonds. The van der Waals surface area contributed by atoms with E-state index in [1.54, 1.807) is 50.2 Å². The highest BCUT2D eigenvalue weighted by molar-refractivity contribution is 5.98. The summed E-state index contributed by atoms with van der Waals surface area (Å²) in [7, 11) is 1.70. The minimum Gasteiger partial charge on any atom is -0.467 e. The summed E-state index contributed by atoms with van der Waals surface area (Å²) in [6, 6.07) is 7.27. The lowest BCUT2D eigenvalue weighted by molar-refractivity contribution is 0.0939. The van der Waals surface area contributed by atoms with Gasteiger partial charge in [-0.2, -0.15) is 5.10 Å². The number of nitrogens with zero attached hydrogens (tertiary/aromatic N) is 4. The normalized spacial score (nSPS) is 11.0. The number of carbonyl (C=O) groups is 1. The SMILES string of the molecule is Cn1ncc(/N=C/c2cccnc2)c1C(=O)NCc1ccco1. The molecule has 3 aromatic rings. The van der Waals surface area contributed by atoms with Crippen LogP contribution in [0.1, 0.15) is 21.8 Å². The Morgan fingerprint density at radius 2 is 2.30 bits per heavy atom. The van der Waals surface area contributed by atoms with Gasteiger partial charge in [0.25, 0.3) is 5.91 Å². The van der Waals surface area contributed by atoms with Crippen LogP contribution in [0.2, 0.25) is 0 Å². The van der Waals surface area contributed by atoms with Crippen LogP contribution in [-0.4, -0.2) is 26.9 Å². The minimum atomic E-state index is -0.264. The van der Waals surface area contributed by atoms with Crippen LogP contribution >= 0.6 is 0 Å². The molecule has 0 radical (unpaired) electrons. The quantitative estimate of drug-likeness (QED) is 0.731. The predicted molar refractivity (Wildman–Crippen MR) is 84.6 cm³/mol. The van der Waals surface area contributed by atoms with Gasteiger partial charge in [0, 0.05) is 31.2 Å². The van der Waals surface area contributed by atoms with Gasteiger partial charge in [0.1, 0.15) is 11.4 Å². The number of aromatic nitrogens is 3. The summed E-state index contributed by atoms with van der Waals surface area (Å²) >= 11 is 0. The maximum atomic E-state index is 12.4. The summed E-state index contributed by atoms with van der Waals surface area (Å²) in [5.74, 6) is 0.417. The van der Waals surface area contributed by atoms with Gasteiger partial charge < -0.3 is 9.73 Å². The van der Waals surface area contributed by atoms with Crippen LogP contribution in [0.25, 0.3) is 0 Å². The number of hydrogen-bond donors (Lipinski definition) is 1. The third-order valence-corrected chi connectivity index (χ3v) is 3.17. The number of pyridine rings is 1. The number of furan rings is 1. The topological polar surface area (TPSA) is 85.3 Å². The maximum Gasteiger partial charge on any atom is 0.272 e. The van der Waals surface area contributed by atoms with E-state index >= 15 is 0 Å². The molecule has 0 atom stereocenters. The molecule has 0 saturated carbocycles. The molecule has 23 heavy (non-hydrogen) atoms. The Hall–Kier alpha value is -3.22. The van der Waals surface area contributed by atoms with Crippen LogP contribution in [0, 0.1) is 0 Å². The average Bonchev–Trinajstić information content (AvgIpc) is 3.21. The van der Waals surface area contributed by atoms with E-state index in [0.717, 1.165) is 5.56 Å². The molecule has 0 saturated heterocycles. The van der Waals surface area contributed by atoms with Crippen LogP contribution in [-0.2, 0) is 13.6 Å². The molecule has 0 spiro atoms. The van der Waals surface area contributed by atoms with Crippen molar-refractivity contribution in [3.05, 3.63) is 66.1 Å². The number of nitrogens with one attached hydrogen (secondary N) is 1. The fourth-order valence-corrected chi connectivity index (χ4v) is 2.04. The molecule has 1 N–H and O–H groups in total. The van der Waals surface area contributed by atoms with Crippen molar-refractivity contribution in [2.24, 2.45) is 12.0 Å². The highest BCUT2D eigenvalue weighted by Crippen LogP contribution is 2.18. The van der Waals surface area contributed by atoms with E-state index in [2.05, 4.69) is 20.4 Å². The number of hydrogen-bond acceptors (Lipinski definition) is 5. The summed E-state index contributed by atoms with van der Waals surface area (Å²) in [5.41, 5.74) is 1.73. The standard InChI is InChI=1S/C16H15N5O2/c1-21-15(16(22)19-10-13-5-3-7-23-13)14(11-20-21)18-9-12-4-2-6-17-8-12/h2-9,11H,10H2,1H3,(H,19,22)/b18-9+. The molecule has 116 valence electrons. The number of carbonyl (C=O) groups excluding carboxylic acids is 1. The Labute approximate surface area is 132 Å². The van der Waals surface area contributed by atoms with Crippen LogP contribution in [0.15, 0.2) is 58.5 Å². The second-order valence-electron chi connectivity index (χ2n) is 4.81. The van der Waals surface area contributed by atoms with E-state index in [-0.39, 0.29) is 5.91 Å². The van der Waals surface area contributed by atoms with Gasteiger partial charge in [0.05, 0.1) is 19.0 Å². The van der Waals surface area contributed by atoms with Gasteiger partial charge in [-0.25, -0.2) is 0 Å². The molecule has 0 aliphatic heterocycles. The zero-order valence-electron chi connectivity index (χ0n) is 12.5. The first-order valence-corrected chi connectivity index (χ1v) is 7.00. The number of aryl methyl sites for hydroxylation is 1. The number of amides is 1. The summed E-state index contributed by atoms with van der Waals surface area (Å²) in [5, 5.41) is 6.89. The summed E-state index contributed by atoms with van der Waals surface area (Å²) in [6.45, 7) is 0.308. The molecule has 3 aromatic heterocycles.